The number of thiocarbonyl (C=S) groups is 1. The zero-order chi connectivity index (χ0) is 19.5. The topological polar surface area (TPSA) is 63.9 Å². The Hall–Kier alpha value is -2.16. The van der Waals surface area contributed by atoms with Gasteiger partial charge >= 0.3 is 0 Å². The fourth-order valence-electron chi connectivity index (χ4n) is 3.13. The highest BCUT2D eigenvalue weighted by atomic mass is 79.9. The van der Waals surface area contributed by atoms with Crippen molar-refractivity contribution in [2.75, 3.05) is 13.2 Å². The average Bonchev–Trinajstić information content (AvgIpc) is 3.41. The summed E-state index contributed by atoms with van der Waals surface area (Å²) in [4.78, 5) is 14.2. The molecule has 0 bridgehead atoms. The molecule has 4 rings (SSSR count). The van der Waals surface area contributed by atoms with Crippen molar-refractivity contribution in [1.29, 1.82) is 0 Å². The number of carbonyl (C=O) groups is 1. The molecule has 1 unspecified atom stereocenters. The van der Waals surface area contributed by atoms with Crippen LogP contribution in [-0.4, -0.2) is 35.2 Å². The Morgan fingerprint density at radius 1 is 1.32 bits per heavy atom. The Bertz CT molecular complexity index is 920. The van der Waals surface area contributed by atoms with Crippen LogP contribution in [0.1, 0.15) is 24.4 Å². The van der Waals surface area contributed by atoms with Crippen LogP contribution in [-0.2, 0) is 16.1 Å². The number of hydrogen-bond donors (Lipinski definition) is 1. The largest absolute Gasteiger partial charge is 0.484 e. The number of hydrogen-bond acceptors (Lipinski definition) is 5. The molecule has 1 atom stereocenters. The predicted molar refractivity (Wildman–Crippen MR) is 112 cm³/mol. The van der Waals surface area contributed by atoms with E-state index in [0.717, 1.165) is 29.7 Å². The van der Waals surface area contributed by atoms with Crippen LogP contribution in [0.25, 0.3) is 6.08 Å². The van der Waals surface area contributed by atoms with Gasteiger partial charge in [0.2, 0.25) is 0 Å². The maximum absolute atomic E-state index is 12.6. The van der Waals surface area contributed by atoms with Gasteiger partial charge in [-0.2, -0.15) is 0 Å². The van der Waals surface area contributed by atoms with E-state index in [2.05, 4.69) is 21.2 Å². The van der Waals surface area contributed by atoms with Crippen LogP contribution in [0.3, 0.4) is 0 Å². The first-order valence-electron chi connectivity index (χ1n) is 9.02. The molecule has 2 fully saturated rings. The molecule has 2 aromatic rings. The molecule has 8 heteroatoms. The van der Waals surface area contributed by atoms with Gasteiger partial charge in [-0.05, 0) is 65.3 Å². The molecular weight excluding hydrogens is 444 g/mol. The van der Waals surface area contributed by atoms with E-state index >= 15 is 0 Å². The van der Waals surface area contributed by atoms with Crippen LogP contribution < -0.4 is 10.1 Å². The highest BCUT2D eigenvalue weighted by molar-refractivity contribution is 9.10. The Labute approximate surface area is 176 Å². The SMILES string of the molecule is O=C1/C(=C\c2ccc(COc3ccccc3Br)o2)NC(=S)N1CC1CCCO1. The molecular formula is C20H19BrN2O4S. The van der Waals surface area contributed by atoms with Crippen molar-refractivity contribution < 1.29 is 18.7 Å². The van der Waals surface area contributed by atoms with E-state index in [9.17, 15) is 4.79 Å². The zero-order valence-electron chi connectivity index (χ0n) is 15.0. The van der Waals surface area contributed by atoms with Crippen molar-refractivity contribution >= 4 is 45.2 Å². The van der Waals surface area contributed by atoms with Crippen molar-refractivity contribution in [2.45, 2.75) is 25.6 Å². The summed E-state index contributed by atoms with van der Waals surface area (Å²) >= 11 is 8.75. The van der Waals surface area contributed by atoms with Gasteiger partial charge in [-0.15, -0.1) is 0 Å². The molecule has 2 saturated heterocycles. The van der Waals surface area contributed by atoms with Gasteiger partial charge in [0.15, 0.2) is 5.11 Å². The summed E-state index contributed by atoms with van der Waals surface area (Å²) in [7, 11) is 0. The number of amides is 1. The number of rotatable bonds is 6. The summed E-state index contributed by atoms with van der Waals surface area (Å²) in [5.74, 6) is 1.79. The maximum Gasteiger partial charge on any atom is 0.276 e. The lowest BCUT2D eigenvalue weighted by atomic mass is 10.2. The molecule has 1 aromatic heterocycles. The first-order valence-corrected chi connectivity index (χ1v) is 10.2. The van der Waals surface area contributed by atoms with E-state index in [0.29, 0.717) is 28.9 Å². The summed E-state index contributed by atoms with van der Waals surface area (Å²) in [6.07, 6.45) is 3.68. The first kappa shape index (κ1) is 19.2. The Kier molecular flexibility index (Phi) is 5.79. The summed E-state index contributed by atoms with van der Waals surface area (Å²) in [6, 6.07) is 11.2. The highest BCUT2D eigenvalue weighted by Crippen LogP contribution is 2.25. The van der Waals surface area contributed by atoms with Crippen LogP contribution in [0, 0.1) is 0 Å². The summed E-state index contributed by atoms with van der Waals surface area (Å²) in [6.45, 7) is 1.51. The second-order valence-corrected chi connectivity index (χ2v) is 7.80. The van der Waals surface area contributed by atoms with E-state index in [1.54, 1.807) is 17.0 Å². The number of ether oxygens (including phenoxy) is 2. The molecule has 3 heterocycles. The molecule has 2 aliphatic heterocycles. The van der Waals surface area contributed by atoms with Crippen molar-refractivity contribution in [3.05, 3.63) is 58.1 Å². The van der Waals surface area contributed by atoms with E-state index in [-0.39, 0.29) is 18.6 Å². The van der Waals surface area contributed by atoms with Crippen LogP contribution >= 0.6 is 28.1 Å². The second-order valence-electron chi connectivity index (χ2n) is 6.56. The summed E-state index contributed by atoms with van der Waals surface area (Å²) in [5.41, 5.74) is 0.399. The third-order valence-corrected chi connectivity index (χ3v) is 5.53. The minimum absolute atomic E-state index is 0.0488. The van der Waals surface area contributed by atoms with Gasteiger partial charge in [0, 0.05) is 12.7 Å². The highest BCUT2D eigenvalue weighted by Gasteiger charge is 2.33. The normalized spacial score (nSPS) is 20.8. The van der Waals surface area contributed by atoms with Crippen LogP contribution in [0.4, 0.5) is 0 Å². The smallest absolute Gasteiger partial charge is 0.276 e. The molecule has 1 aromatic carbocycles. The first-order chi connectivity index (χ1) is 13.6. The molecule has 0 spiro atoms. The Balaban J connectivity index is 1.39. The van der Waals surface area contributed by atoms with E-state index in [1.807, 2.05) is 30.3 Å². The van der Waals surface area contributed by atoms with Gasteiger partial charge in [0.05, 0.1) is 17.1 Å². The van der Waals surface area contributed by atoms with E-state index < -0.39 is 0 Å². The predicted octanol–water partition coefficient (Wildman–Crippen LogP) is 3.86. The molecule has 1 amide bonds. The third kappa shape index (κ3) is 4.29. The Morgan fingerprint density at radius 2 is 2.18 bits per heavy atom. The molecule has 28 heavy (non-hydrogen) atoms. The van der Waals surface area contributed by atoms with Crippen LogP contribution in [0.2, 0.25) is 0 Å². The van der Waals surface area contributed by atoms with Crippen molar-refractivity contribution in [1.82, 2.24) is 10.2 Å². The fourth-order valence-corrected chi connectivity index (χ4v) is 3.80. The molecule has 0 saturated carbocycles. The lowest BCUT2D eigenvalue weighted by molar-refractivity contribution is -0.123. The van der Waals surface area contributed by atoms with Gasteiger partial charge in [-0.25, -0.2) is 0 Å². The van der Waals surface area contributed by atoms with Crippen LogP contribution in [0.15, 0.2) is 51.0 Å². The third-order valence-electron chi connectivity index (χ3n) is 4.55. The summed E-state index contributed by atoms with van der Waals surface area (Å²) in [5, 5.41) is 3.37. The molecule has 6 nitrogen and oxygen atoms in total. The number of halogens is 1. The fraction of sp³-hybridized carbons (Fsp3) is 0.300. The minimum atomic E-state index is -0.164. The van der Waals surface area contributed by atoms with E-state index in [4.69, 9.17) is 26.1 Å². The molecule has 146 valence electrons. The zero-order valence-corrected chi connectivity index (χ0v) is 17.4. The molecule has 0 aliphatic carbocycles. The number of para-hydroxylation sites is 1. The van der Waals surface area contributed by atoms with Crippen LogP contribution in [0.5, 0.6) is 5.75 Å². The van der Waals surface area contributed by atoms with Gasteiger partial charge in [-0.3, -0.25) is 9.69 Å². The summed E-state index contributed by atoms with van der Waals surface area (Å²) < 4.78 is 18.0. The Morgan fingerprint density at radius 3 is 2.96 bits per heavy atom. The van der Waals surface area contributed by atoms with Crippen molar-refractivity contribution in [3.8, 4) is 5.75 Å². The van der Waals surface area contributed by atoms with Crippen molar-refractivity contribution in [3.63, 3.8) is 0 Å². The van der Waals surface area contributed by atoms with E-state index in [1.165, 1.54) is 0 Å². The van der Waals surface area contributed by atoms with Gasteiger partial charge in [0.25, 0.3) is 5.91 Å². The number of benzene rings is 1. The maximum atomic E-state index is 12.6. The molecule has 0 radical (unpaired) electrons. The lowest BCUT2D eigenvalue weighted by Gasteiger charge is -2.18. The molecule has 2 aliphatic rings. The van der Waals surface area contributed by atoms with Crippen molar-refractivity contribution in [2.24, 2.45) is 0 Å². The molecule has 1 N–H and O–H groups in total. The second kappa shape index (κ2) is 8.46. The lowest BCUT2D eigenvalue weighted by Crippen LogP contribution is -2.37. The number of furan rings is 1. The van der Waals surface area contributed by atoms with Gasteiger partial charge in [-0.1, -0.05) is 12.1 Å². The average molecular weight is 463 g/mol. The number of nitrogens with zero attached hydrogens (tertiary/aromatic N) is 1. The van der Waals surface area contributed by atoms with Gasteiger partial charge in [0.1, 0.15) is 29.6 Å². The van der Waals surface area contributed by atoms with Gasteiger partial charge < -0.3 is 19.2 Å². The number of carbonyl (C=O) groups excluding carboxylic acids is 1. The standard InChI is InChI=1S/C20H19BrN2O4S/c21-16-5-1-2-6-18(16)26-12-15-8-7-13(27-15)10-17-19(24)23(20(28)22-17)11-14-4-3-9-25-14/h1-2,5-8,10,14H,3-4,9,11-12H2,(H,22,28)/b17-10+. The monoisotopic (exact) mass is 462 g/mol. The quantitative estimate of drug-likeness (QED) is 0.519. The number of nitrogens with one attached hydrogen (secondary N) is 1. The minimum Gasteiger partial charge on any atom is -0.484 e.